The lowest BCUT2D eigenvalue weighted by atomic mass is 10.1. The van der Waals surface area contributed by atoms with Crippen molar-refractivity contribution in [2.75, 3.05) is 37.0 Å². The van der Waals surface area contributed by atoms with Crippen molar-refractivity contribution in [1.29, 1.82) is 0 Å². The number of hydrogen-bond donors (Lipinski definition) is 2. The number of benzene rings is 1. The third kappa shape index (κ3) is 2.13. The van der Waals surface area contributed by atoms with Crippen molar-refractivity contribution in [2.24, 2.45) is 0 Å². The van der Waals surface area contributed by atoms with E-state index in [1.54, 1.807) is 0 Å². The van der Waals surface area contributed by atoms with E-state index in [1.165, 1.54) is 0 Å². The molecule has 3 N–H and O–H groups in total. The van der Waals surface area contributed by atoms with E-state index >= 15 is 0 Å². The minimum Gasteiger partial charge on any atom is -0.398 e. The summed E-state index contributed by atoms with van der Waals surface area (Å²) < 4.78 is 5.35. The van der Waals surface area contributed by atoms with Gasteiger partial charge in [-0.05, 0) is 24.6 Å². The lowest BCUT2D eigenvalue weighted by Crippen LogP contribution is -2.47. The first-order valence-corrected chi connectivity index (χ1v) is 5.53. The van der Waals surface area contributed by atoms with Crippen LogP contribution in [0.3, 0.4) is 0 Å². The van der Waals surface area contributed by atoms with Crippen LogP contribution in [-0.2, 0) is 4.74 Å². The Hall–Kier alpha value is -1.26. The zero-order chi connectivity index (χ0) is 11.5. The zero-order valence-corrected chi connectivity index (χ0v) is 9.52. The number of ether oxygens (including phenoxy) is 1. The average Bonchev–Trinajstić information content (AvgIpc) is 2.32. The van der Waals surface area contributed by atoms with Gasteiger partial charge in [0.1, 0.15) is 0 Å². The van der Waals surface area contributed by atoms with E-state index in [0.29, 0.717) is 13.2 Å². The minimum absolute atomic E-state index is 0.0378. The molecule has 1 aromatic rings. The summed E-state index contributed by atoms with van der Waals surface area (Å²) in [6.45, 7) is 4.16. The lowest BCUT2D eigenvalue weighted by molar-refractivity contribution is 0.0727. The van der Waals surface area contributed by atoms with E-state index in [1.807, 2.05) is 25.1 Å². The van der Waals surface area contributed by atoms with Crippen LogP contribution in [-0.4, -0.2) is 37.5 Å². The van der Waals surface area contributed by atoms with Gasteiger partial charge >= 0.3 is 0 Å². The Balaban J connectivity index is 2.23. The number of hydrogen-bond acceptors (Lipinski definition) is 4. The van der Waals surface area contributed by atoms with E-state index in [4.69, 9.17) is 10.5 Å². The molecule has 0 radical (unpaired) electrons. The molecule has 0 bridgehead atoms. The Morgan fingerprint density at radius 3 is 3.06 bits per heavy atom. The third-order valence-corrected chi connectivity index (χ3v) is 3.03. The van der Waals surface area contributed by atoms with E-state index in [0.717, 1.165) is 23.5 Å². The van der Waals surface area contributed by atoms with Crippen LogP contribution in [0.1, 0.15) is 5.56 Å². The second-order valence-corrected chi connectivity index (χ2v) is 4.15. The summed E-state index contributed by atoms with van der Waals surface area (Å²) >= 11 is 0. The van der Waals surface area contributed by atoms with Crippen LogP contribution in [0.15, 0.2) is 18.2 Å². The molecule has 4 nitrogen and oxygen atoms in total. The quantitative estimate of drug-likeness (QED) is 0.726. The first-order valence-electron chi connectivity index (χ1n) is 5.53. The second kappa shape index (κ2) is 4.72. The molecule has 1 saturated heterocycles. The van der Waals surface area contributed by atoms with E-state index in [2.05, 4.69) is 4.90 Å². The molecule has 1 aromatic carbocycles. The molecule has 1 unspecified atom stereocenters. The van der Waals surface area contributed by atoms with Crippen LogP contribution in [0.25, 0.3) is 0 Å². The predicted molar refractivity (Wildman–Crippen MR) is 64.6 cm³/mol. The number of aryl methyl sites for hydroxylation is 1. The Labute approximate surface area is 95.6 Å². The first kappa shape index (κ1) is 11.2. The molecule has 1 aliphatic heterocycles. The van der Waals surface area contributed by atoms with Crippen molar-refractivity contribution < 1.29 is 9.84 Å². The molecular weight excluding hydrogens is 204 g/mol. The van der Waals surface area contributed by atoms with E-state index in [-0.39, 0.29) is 12.6 Å². The molecule has 16 heavy (non-hydrogen) atoms. The molecule has 88 valence electrons. The highest BCUT2D eigenvalue weighted by molar-refractivity contribution is 5.60. The largest absolute Gasteiger partial charge is 0.398 e. The van der Waals surface area contributed by atoms with Gasteiger partial charge in [0.25, 0.3) is 0 Å². The van der Waals surface area contributed by atoms with Crippen LogP contribution in [0.2, 0.25) is 0 Å². The highest BCUT2D eigenvalue weighted by atomic mass is 16.5. The van der Waals surface area contributed by atoms with E-state index < -0.39 is 0 Å². The molecule has 1 atom stereocenters. The van der Waals surface area contributed by atoms with Crippen LogP contribution in [0.5, 0.6) is 0 Å². The number of anilines is 2. The standard InChI is InChI=1S/C12H18N2O2/c1-9-2-3-10(6-12(9)13)14-4-5-16-8-11(14)7-15/h2-3,6,11,15H,4-5,7-8,13H2,1H3. The Kier molecular flexibility index (Phi) is 3.31. The molecule has 0 aliphatic carbocycles. The average molecular weight is 222 g/mol. The Morgan fingerprint density at radius 2 is 2.38 bits per heavy atom. The molecule has 0 amide bonds. The second-order valence-electron chi connectivity index (χ2n) is 4.15. The molecular formula is C12H18N2O2. The zero-order valence-electron chi connectivity index (χ0n) is 9.52. The summed E-state index contributed by atoms with van der Waals surface area (Å²) in [7, 11) is 0. The maximum atomic E-state index is 9.29. The van der Waals surface area contributed by atoms with E-state index in [9.17, 15) is 5.11 Å². The summed E-state index contributed by atoms with van der Waals surface area (Å²) in [5.41, 5.74) is 8.83. The van der Waals surface area contributed by atoms with Crippen molar-refractivity contribution in [3.63, 3.8) is 0 Å². The number of nitrogens with two attached hydrogens (primary N) is 1. The van der Waals surface area contributed by atoms with Gasteiger partial charge in [-0.25, -0.2) is 0 Å². The predicted octanol–water partition coefficient (Wildman–Crippen LogP) is 0.775. The number of aliphatic hydroxyl groups excluding tert-OH is 1. The summed E-state index contributed by atoms with van der Waals surface area (Å²) in [5, 5.41) is 9.29. The van der Waals surface area contributed by atoms with Gasteiger partial charge in [-0.1, -0.05) is 6.07 Å². The van der Waals surface area contributed by atoms with Gasteiger partial charge in [0.2, 0.25) is 0 Å². The first-order chi connectivity index (χ1) is 7.72. The van der Waals surface area contributed by atoms with Crippen LogP contribution < -0.4 is 10.6 Å². The van der Waals surface area contributed by atoms with Crippen molar-refractivity contribution in [1.82, 2.24) is 0 Å². The Morgan fingerprint density at radius 1 is 1.56 bits per heavy atom. The van der Waals surface area contributed by atoms with Crippen molar-refractivity contribution in [3.05, 3.63) is 23.8 Å². The van der Waals surface area contributed by atoms with Crippen molar-refractivity contribution >= 4 is 11.4 Å². The van der Waals surface area contributed by atoms with Gasteiger partial charge in [0.05, 0.1) is 25.9 Å². The number of nitrogens with zero attached hydrogens (tertiary/aromatic N) is 1. The van der Waals surface area contributed by atoms with Gasteiger partial charge in [0, 0.05) is 17.9 Å². The van der Waals surface area contributed by atoms with Gasteiger partial charge in [-0.2, -0.15) is 0 Å². The van der Waals surface area contributed by atoms with Gasteiger partial charge in [-0.15, -0.1) is 0 Å². The number of aliphatic hydroxyl groups is 1. The SMILES string of the molecule is Cc1ccc(N2CCOCC2CO)cc1N. The van der Waals surface area contributed by atoms with Crippen molar-refractivity contribution in [2.45, 2.75) is 13.0 Å². The number of rotatable bonds is 2. The molecule has 4 heteroatoms. The Bertz CT molecular complexity index is 368. The molecule has 0 aromatic heterocycles. The monoisotopic (exact) mass is 222 g/mol. The van der Waals surface area contributed by atoms with Crippen molar-refractivity contribution in [3.8, 4) is 0 Å². The fourth-order valence-electron chi connectivity index (χ4n) is 1.95. The summed E-state index contributed by atoms with van der Waals surface area (Å²) in [4.78, 5) is 2.15. The van der Waals surface area contributed by atoms with Crippen LogP contribution in [0.4, 0.5) is 11.4 Å². The smallest absolute Gasteiger partial charge is 0.0755 e. The maximum absolute atomic E-state index is 9.29. The van der Waals surface area contributed by atoms with Gasteiger partial charge < -0.3 is 20.5 Å². The lowest BCUT2D eigenvalue weighted by Gasteiger charge is -2.36. The van der Waals surface area contributed by atoms with Gasteiger partial charge in [-0.3, -0.25) is 0 Å². The molecule has 1 fully saturated rings. The summed E-state index contributed by atoms with van der Waals surface area (Å²) in [6, 6.07) is 6.05. The van der Waals surface area contributed by atoms with Gasteiger partial charge in [0.15, 0.2) is 0 Å². The molecule has 2 rings (SSSR count). The molecule has 0 saturated carbocycles. The highest BCUT2D eigenvalue weighted by Crippen LogP contribution is 2.24. The minimum atomic E-state index is 0.0378. The highest BCUT2D eigenvalue weighted by Gasteiger charge is 2.22. The maximum Gasteiger partial charge on any atom is 0.0755 e. The fourth-order valence-corrected chi connectivity index (χ4v) is 1.95. The van der Waals surface area contributed by atoms with Crippen LogP contribution >= 0.6 is 0 Å². The molecule has 1 aliphatic rings. The van der Waals surface area contributed by atoms with Crippen LogP contribution in [0, 0.1) is 6.92 Å². The number of morpholine rings is 1. The fraction of sp³-hybridized carbons (Fsp3) is 0.500. The molecule has 1 heterocycles. The third-order valence-electron chi connectivity index (χ3n) is 3.03. The summed E-state index contributed by atoms with van der Waals surface area (Å²) in [5.74, 6) is 0. The molecule has 0 spiro atoms. The normalized spacial score (nSPS) is 21.1. The summed E-state index contributed by atoms with van der Waals surface area (Å²) in [6.07, 6.45) is 0. The topological polar surface area (TPSA) is 58.7 Å². The number of nitrogen functional groups attached to an aromatic ring is 1.